The summed E-state index contributed by atoms with van der Waals surface area (Å²) in [5, 5.41) is -0.334. The van der Waals surface area contributed by atoms with Crippen molar-refractivity contribution < 1.29 is 23.9 Å². The van der Waals surface area contributed by atoms with Gasteiger partial charge in [0.1, 0.15) is 5.75 Å². The fourth-order valence-electron chi connectivity index (χ4n) is 3.22. The number of ether oxygens (including phenoxy) is 1. The Hall–Kier alpha value is -3.01. The summed E-state index contributed by atoms with van der Waals surface area (Å²) in [5.74, 6) is -0.356. The molecule has 4 amide bonds. The van der Waals surface area contributed by atoms with Crippen LogP contribution in [0.2, 0.25) is 5.02 Å². The number of carbonyl (C=O) groups is 4. The van der Waals surface area contributed by atoms with Gasteiger partial charge in [0.05, 0.1) is 16.9 Å². The van der Waals surface area contributed by atoms with Crippen LogP contribution in [0.3, 0.4) is 0 Å². The lowest BCUT2D eigenvalue weighted by molar-refractivity contribution is -0.125. The van der Waals surface area contributed by atoms with Crippen molar-refractivity contribution in [3.63, 3.8) is 0 Å². The normalized spacial score (nSPS) is 18.8. The van der Waals surface area contributed by atoms with E-state index in [1.54, 1.807) is 60.7 Å². The van der Waals surface area contributed by atoms with E-state index in [0.717, 1.165) is 38.9 Å². The molecule has 2 fully saturated rings. The second-order valence-electron chi connectivity index (χ2n) is 6.96. The monoisotopic (exact) mass is 500 g/mol. The molecule has 2 saturated heterocycles. The lowest BCUT2D eigenvalue weighted by atomic mass is 10.2. The maximum absolute atomic E-state index is 12.8. The summed E-state index contributed by atoms with van der Waals surface area (Å²) in [6.45, 7) is -0.164. The maximum atomic E-state index is 12.8. The summed E-state index contributed by atoms with van der Waals surface area (Å²) < 4.78 is 5.28. The standard InChI is InChI=1S/C23H17ClN2O5S2/c1-31-17-5-3-2-4-15(17)13-19-21(28)26(23(30)33-19)11-10-25-20(27)18(32-22(25)29)12-14-6-8-16(24)9-7-14/h2-9,12-13H,10-11H2,1H3/b18-12+,19-13+. The van der Waals surface area contributed by atoms with Crippen LogP contribution in [0.25, 0.3) is 12.2 Å². The molecule has 33 heavy (non-hydrogen) atoms. The van der Waals surface area contributed by atoms with Gasteiger partial charge in [0.25, 0.3) is 22.3 Å². The quantitative estimate of drug-likeness (QED) is 0.509. The zero-order valence-electron chi connectivity index (χ0n) is 17.3. The average Bonchev–Trinajstić information content (AvgIpc) is 3.22. The number of imide groups is 2. The van der Waals surface area contributed by atoms with Gasteiger partial charge in [0, 0.05) is 23.7 Å². The van der Waals surface area contributed by atoms with Crippen LogP contribution in [0.15, 0.2) is 58.3 Å². The molecule has 0 aromatic heterocycles. The smallest absolute Gasteiger partial charge is 0.293 e. The Morgan fingerprint density at radius 1 is 0.818 bits per heavy atom. The third kappa shape index (κ3) is 5.00. The molecule has 0 bridgehead atoms. The van der Waals surface area contributed by atoms with Gasteiger partial charge in [-0.25, -0.2) is 0 Å². The summed E-state index contributed by atoms with van der Waals surface area (Å²) >= 11 is 7.50. The highest BCUT2D eigenvalue weighted by atomic mass is 35.5. The number of benzene rings is 2. The van der Waals surface area contributed by atoms with E-state index >= 15 is 0 Å². The first kappa shape index (κ1) is 23.2. The molecule has 2 aliphatic rings. The Kier molecular flexibility index (Phi) is 6.92. The Morgan fingerprint density at radius 3 is 1.94 bits per heavy atom. The molecule has 0 radical (unpaired) electrons. The van der Waals surface area contributed by atoms with Crippen LogP contribution >= 0.6 is 35.1 Å². The number of amides is 4. The van der Waals surface area contributed by atoms with Gasteiger partial charge in [0.15, 0.2) is 0 Å². The van der Waals surface area contributed by atoms with Crippen molar-refractivity contribution in [2.75, 3.05) is 20.2 Å². The average molecular weight is 501 g/mol. The molecule has 0 N–H and O–H groups in total. The molecule has 2 aromatic carbocycles. The minimum Gasteiger partial charge on any atom is -0.496 e. The maximum Gasteiger partial charge on any atom is 0.293 e. The molecule has 0 atom stereocenters. The number of methoxy groups -OCH3 is 1. The predicted octanol–water partition coefficient (Wildman–Crippen LogP) is 5.12. The van der Waals surface area contributed by atoms with Gasteiger partial charge >= 0.3 is 0 Å². The van der Waals surface area contributed by atoms with Gasteiger partial charge in [-0.3, -0.25) is 29.0 Å². The lowest BCUT2D eigenvalue weighted by Crippen LogP contribution is -2.39. The fraction of sp³-hybridized carbons (Fsp3) is 0.130. The van der Waals surface area contributed by atoms with Gasteiger partial charge in [0.2, 0.25) is 0 Å². The van der Waals surface area contributed by atoms with Crippen molar-refractivity contribution in [3.05, 3.63) is 74.5 Å². The highest BCUT2D eigenvalue weighted by Gasteiger charge is 2.39. The fourth-order valence-corrected chi connectivity index (χ4v) is 5.07. The molecule has 10 heteroatoms. The van der Waals surface area contributed by atoms with Crippen molar-refractivity contribution in [1.82, 2.24) is 9.80 Å². The topological polar surface area (TPSA) is 84.0 Å². The third-order valence-corrected chi connectivity index (χ3v) is 6.95. The van der Waals surface area contributed by atoms with Crippen LogP contribution in [-0.4, -0.2) is 52.3 Å². The molecule has 0 aliphatic carbocycles. The molecule has 2 heterocycles. The van der Waals surface area contributed by atoms with Crippen molar-refractivity contribution >= 4 is 69.6 Å². The minimum atomic E-state index is -0.473. The molecule has 0 unspecified atom stereocenters. The van der Waals surface area contributed by atoms with Crippen LogP contribution in [0.1, 0.15) is 11.1 Å². The first-order chi connectivity index (χ1) is 15.9. The largest absolute Gasteiger partial charge is 0.496 e. The van der Waals surface area contributed by atoms with Crippen molar-refractivity contribution in [3.8, 4) is 5.75 Å². The van der Waals surface area contributed by atoms with Crippen molar-refractivity contribution in [2.45, 2.75) is 0 Å². The molecular weight excluding hydrogens is 484 g/mol. The number of carbonyl (C=O) groups excluding carboxylic acids is 4. The SMILES string of the molecule is COc1ccccc1/C=C1/SC(=O)N(CCN2C(=O)S/C(=C/c3ccc(Cl)cc3)C2=O)C1=O. The number of hydrogen-bond acceptors (Lipinski definition) is 7. The van der Waals surface area contributed by atoms with E-state index in [0.29, 0.717) is 16.3 Å². The molecule has 2 aromatic rings. The number of para-hydroxylation sites is 1. The molecule has 2 aliphatic heterocycles. The van der Waals surface area contributed by atoms with Crippen molar-refractivity contribution in [1.29, 1.82) is 0 Å². The Bertz CT molecular complexity index is 1210. The van der Waals surface area contributed by atoms with Gasteiger partial charge in [-0.2, -0.15) is 0 Å². The Balaban J connectivity index is 1.44. The van der Waals surface area contributed by atoms with E-state index in [4.69, 9.17) is 16.3 Å². The highest BCUT2D eigenvalue weighted by molar-refractivity contribution is 8.18. The summed E-state index contributed by atoms with van der Waals surface area (Å²) in [7, 11) is 1.52. The predicted molar refractivity (Wildman–Crippen MR) is 130 cm³/mol. The summed E-state index contributed by atoms with van der Waals surface area (Å²) in [4.78, 5) is 52.9. The van der Waals surface area contributed by atoms with Crippen LogP contribution in [0.5, 0.6) is 5.75 Å². The van der Waals surface area contributed by atoms with E-state index in [1.165, 1.54) is 7.11 Å². The van der Waals surface area contributed by atoms with Gasteiger partial charge < -0.3 is 4.74 Å². The molecule has 0 spiro atoms. The molecule has 4 rings (SSSR count). The van der Waals surface area contributed by atoms with E-state index in [2.05, 4.69) is 0 Å². The number of rotatable bonds is 6. The summed E-state index contributed by atoms with van der Waals surface area (Å²) in [5.41, 5.74) is 1.40. The second-order valence-corrected chi connectivity index (χ2v) is 9.38. The number of hydrogen-bond donors (Lipinski definition) is 0. The Morgan fingerprint density at radius 2 is 1.36 bits per heavy atom. The number of nitrogens with zero attached hydrogens (tertiary/aromatic N) is 2. The van der Waals surface area contributed by atoms with Gasteiger partial charge in [-0.1, -0.05) is 41.9 Å². The number of halogens is 1. The Labute approximate surface area is 203 Å². The third-order valence-electron chi connectivity index (χ3n) is 4.89. The number of thioether (sulfide) groups is 2. The van der Waals surface area contributed by atoms with Gasteiger partial charge in [-0.15, -0.1) is 0 Å². The van der Waals surface area contributed by atoms with Crippen LogP contribution in [0.4, 0.5) is 9.59 Å². The zero-order chi connectivity index (χ0) is 23.5. The zero-order valence-corrected chi connectivity index (χ0v) is 19.7. The van der Waals surface area contributed by atoms with E-state index in [1.807, 2.05) is 0 Å². The first-order valence-corrected chi connectivity index (χ1v) is 11.8. The molecule has 168 valence electrons. The van der Waals surface area contributed by atoms with Crippen LogP contribution in [-0.2, 0) is 9.59 Å². The molecular formula is C23H17ClN2O5S2. The van der Waals surface area contributed by atoms with Crippen molar-refractivity contribution in [2.24, 2.45) is 0 Å². The van der Waals surface area contributed by atoms with E-state index < -0.39 is 22.3 Å². The lowest BCUT2D eigenvalue weighted by Gasteiger charge is -2.17. The minimum absolute atomic E-state index is 0.0808. The van der Waals surface area contributed by atoms with Crippen LogP contribution < -0.4 is 4.74 Å². The first-order valence-electron chi connectivity index (χ1n) is 9.76. The van der Waals surface area contributed by atoms with E-state index in [9.17, 15) is 19.2 Å². The second kappa shape index (κ2) is 9.86. The summed E-state index contributed by atoms with van der Waals surface area (Å²) in [6, 6.07) is 14.0. The molecule has 0 saturated carbocycles. The van der Waals surface area contributed by atoms with Crippen LogP contribution in [0, 0.1) is 0 Å². The van der Waals surface area contributed by atoms with Gasteiger partial charge in [-0.05, 0) is 59.4 Å². The molecule has 7 nitrogen and oxygen atoms in total. The summed E-state index contributed by atoms with van der Waals surface area (Å²) in [6.07, 6.45) is 3.20. The van der Waals surface area contributed by atoms with E-state index in [-0.39, 0.29) is 22.9 Å². The highest BCUT2D eigenvalue weighted by Crippen LogP contribution is 2.35.